The van der Waals surface area contributed by atoms with Gasteiger partial charge in [0.15, 0.2) is 11.6 Å². The number of amides is 1. The summed E-state index contributed by atoms with van der Waals surface area (Å²) in [6, 6.07) is 21.8. The molecule has 1 saturated heterocycles. The summed E-state index contributed by atoms with van der Waals surface area (Å²) in [5.41, 5.74) is 20.1. The molecule has 2 aliphatic heterocycles. The number of carbonyl (C=O) groups is 1. The summed E-state index contributed by atoms with van der Waals surface area (Å²) in [6.45, 7) is 1.76. The zero-order chi connectivity index (χ0) is 30.8. The minimum Gasteiger partial charge on any atom is -0.494 e. The Bertz CT molecular complexity index is 1590. The number of aliphatic imine (C=N–C) groups is 1. The first-order chi connectivity index (χ1) is 21.6. The molecule has 5 rings (SSSR count). The molecule has 1 N–H and O–H groups in total. The van der Waals surface area contributed by atoms with E-state index in [9.17, 15) is 10.3 Å². The maximum Gasteiger partial charge on any atom is 0.255 e. The van der Waals surface area contributed by atoms with E-state index in [1.54, 1.807) is 30.3 Å². The number of benzene rings is 3. The van der Waals surface area contributed by atoms with E-state index in [1.165, 1.54) is 0 Å². The van der Waals surface area contributed by atoms with Crippen LogP contribution in [0.2, 0.25) is 0 Å². The minimum absolute atomic E-state index is 0.0422. The molecule has 0 unspecified atom stereocenters. The van der Waals surface area contributed by atoms with E-state index in [-0.39, 0.29) is 31.4 Å². The van der Waals surface area contributed by atoms with Crippen LogP contribution in [-0.2, 0) is 22.5 Å². The second-order valence-corrected chi connectivity index (χ2v) is 10.7. The molecule has 0 radical (unpaired) electrons. The van der Waals surface area contributed by atoms with Crippen LogP contribution in [0.1, 0.15) is 54.0 Å². The molecule has 2 heterocycles. The van der Waals surface area contributed by atoms with Crippen molar-refractivity contribution in [1.82, 2.24) is 4.90 Å². The van der Waals surface area contributed by atoms with Gasteiger partial charge in [0, 0.05) is 59.2 Å². The lowest BCUT2D eigenvalue weighted by Gasteiger charge is -2.37. The number of hydrogen-bond acceptors (Lipinski definition) is 7. The molecule has 0 bridgehead atoms. The predicted octanol–water partition coefficient (Wildman–Crippen LogP) is 6.71. The summed E-state index contributed by atoms with van der Waals surface area (Å²) in [7, 11) is 0. The van der Waals surface area contributed by atoms with Gasteiger partial charge in [0.05, 0.1) is 13.2 Å². The number of ether oxygens (including phenoxy) is 2. The average Bonchev–Trinajstić information content (AvgIpc) is 3.45. The number of carbonyl (C=O) groups excluding carboxylic acids is 1. The van der Waals surface area contributed by atoms with Crippen molar-refractivity contribution in [1.29, 1.82) is 0 Å². The zero-order valence-corrected chi connectivity index (χ0v) is 24.3. The van der Waals surface area contributed by atoms with Gasteiger partial charge in [-0.3, -0.25) is 4.79 Å². The van der Waals surface area contributed by atoms with Gasteiger partial charge < -0.3 is 19.5 Å². The summed E-state index contributed by atoms with van der Waals surface area (Å²) in [6.07, 6.45) is 2.61. The van der Waals surface area contributed by atoms with Crippen molar-refractivity contribution in [3.8, 4) is 5.75 Å². The maximum atomic E-state index is 14.8. The first-order valence-corrected chi connectivity index (χ1v) is 14.7. The molecule has 3 aromatic rings. The monoisotopic (exact) mass is 594 g/mol. The molecule has 44 heavy (non-hydrogen) atoms. The summed E-state index contributed by atoms with van der Waals surface area (Å²) in [5.74, 6) is 0.745. The number of rotatable bonds is 12. The van der Waals surface area contributed by atoms with Gasteiger partial charge in [-0.1, -0.05) is 58.8 Å². The summed E-state index contributed by atoms with van der Waals surface area (Å²) in [5, 5.41) is 16.8. The van der Waals surface area contributed by atoms with Crippen LogP contribution in [0.5, 0.6) is 5.75 Å². The number of nitrogens with zero attached hydrogens (tertiary/aromatic N) is 8. The van der Waals surface area contributed by atoms with E-state index in [0.717, 1.165) is 30.4 Å². The van der Waals surface area contributed by atoms with Gasteiger partial charge >= 0.3 is 0 Å². The molecule has 0 spiro atoms. The SMILES string of the molecule is [N-]=[N+]=NCc1ccccc1C[C@]1(C(=O)N2CCCCC2)N=C(c2ccc(OCCCO)cc2)O[C@H]1c1ccccc1N=[N+]=[N-]. The lowest BCUT2D eigenvalue weighted by Crippen LogP contribution is -2.53. The van der Waals surface area contributed by atoms with Gasteiger partial charge in [-0.25, -0.2) is 4.99 Å². The van der Waals surface area contributed by atoms with E-state index in [0.29, 0.717) is 48.7 Å². The number of piperidine rings is 1. The van der Waals surface area contributed by atoms with Crippen LogP contribution >= 0.6 is 0 Å². The maximum absolute atomic E-state index is 14.8. The van der Waals surface area contributed by atoms with E-state index in [1.807, 2.05) is 47.4 Å². The summed E-state index contributed by atoms with van der Waals surface area (Å²) in [4.78, 5) is 27.8. The lowest BCUT2D eigenvalue weighted by molar-refractivity contribution is -0.140. The summed E-state index contributed by atoms with van der Waals surface area (Å²) < 4.78 is 12.3. The highest BCUT2D eigenvalue weighted by atomic mass is 16.5. The highest BCUT2D eigenvalue weighted by Gasteiger charge is 2.55. The molecule has 0 aromatic heterocycles. The highest BCUT2D eigenvalue weighted by Crippen LogP contribution is 2.46. The molecule has 2 aliphatic rings. The van der Waals surface area contributed by atoms with E-state index >= 15 is 0 Å². The van der Waals surface area contributed by atoms with Crippen molar-refractivity contribution < 1.29 is 19.4 Å². The van der Waals surface area contributed by atoms with Gasteiger partial charge in [0.25, 0.3) is 5.91 Å². The van der Waals surface area contributed by atoms with E-state index < -0.39 is 11.6 Å². The first kappa shape index (κ1) is 30.4. The fourth-order valence-electron chi connectivity index (χ4n) is 5.75. The van der Waals surface area contributed by atoms with E-state index in [4.69, 9.17) is 25.1 Å². The molecule has 0 aliphatic carbocycles. The van der Waals surface area contributed by atoms with Crippen LogP contribution in [0.3, 0.4) is 0 Å². The van der Waals surface area contributed by atoms with Crippen molar-refractivity contribution in [2.24, 2.45) is 15.2 Å². The standard InChI is InChI=1S/C32H34N8O4/c33-38-35-22-25-10-3-2-9-24(25)21-32(31(42)40-17-6-1-7-18-40)29(27-11-4-5-12-28(27)37-39-34)44-30(36-32)23-13-15-26(16-14-23)43-20-8-19-41/h2-5,9-16,29,41H,1,6-8,17-22H2/t29-,32-/m0/s1. The van der Waals surface area contributed by atoms with Crippen LogP contribution in [0.4, 0.5) is 5.69 Å². The minimum atomic E-state index is -1.45. The molecule has 2 atom stereocenters. The second kappa shape index (κ2) is 14.4. The Morgan fingerprint density at radius 1 is 1.00 bits per heavy atom. The Balaban J connectivity index is 1.66. The molecule has 3 aromatic carbocycles. The number of likely N-dealkylation sites (tertiary alicyclic amines) is 1. The molecular formula is C32H34N8O4. The Labute approximate surface area is 255 Å². The van der Waals surface area contributed by atoms with Crippen molar-refractivity contribution in [2.45, 2.75) is 50.3 Å². The van der Waals surface area contributed by atoms with Crippen LogP contribution < -0.4 is 4.74 Å². The van der Waals surface area contributed by atoms with Crippen molar-refractivity contribution in [3.63, 3.8) is 0 Å². The van der Waals surface area contributed by atoms with Crippen molar-refractivity contribution in [2.75, 3.05) is 26.3 Å². The van der Waals surface area contributed by atoms with Crippen molar-refractivity contribution >= 4 is 17.5 Å². The fraction of sp³-hybridized carbons (Fsp3) is 0.375. The zero-order valence-electron chi connectivity index (χ0n) is 24.3. The second-order valence-electron chi connectivity index (χ2n) is 10.7. The number of aliphatic hydroxyl groups is 1. The fourth-order valence-corrected chi connectivity index (χ4v) is 5.75. The van der Waals surface area contributed by atoms with E-state index in [2.05, 4.69) is 20.1 Å². The lowest BCUT2D eigenvalue weighted by atomic mass is 9.79. The Morgan fingerprint density at radius 2 is 1.73 bits per heavy atom. The number of hydrogen-bond donors (Lipinski definition) is 1. The average molecular weight is 595 g/mol. The summed E-state index contributed by atoms with van der Waals surface area (Å²) >= 11 is 0. The van der Waals surface area contributed by atoms with Gasteiger partial charge in [-0.15, -0.1) is 0 Å². The normalized spacial score (nSPS) is 19.2. The molecule has 1 fully saturated rings. The van der Waals surface area contributed by atoms with Gasteiger partial charge in [0.2, 0.25) is 5.90 Å². The largest absolute Gasteiger partial charge is 0.494 e. The molecule has 0 saturated carbocycles. The molecule has 1 amide bonds. The predicted molar refractivity (Wildman–Crippen MR) is 165 cm³/mol. The smallest absolute Gasteiger partial charge is 0.255 e. The third-order valence-corrected chi connectivity index (χ3v) is 7.90. The molecule has 12 heteroatoms. The molecular weight excluding hydrogens is 560 g/mol. The number of azide groups is 2. The topological polar surface area (TPSA) is 169 Å². The van der Waals surface area contributed by atoms with Crippen LogP contribution in [0.15, 0.2) is 88.0 Å². The van der Waals surface area contributed by atoms with Gasteiger partial charge in [-0.05, 0) is 65.7 Å². The Kier molecular flexibility index (Phi) is 9.99. The molecule has 12 nitrogen and oxygen atoms in total. The Hall–Kier alpha value is -5.02. The van der Waals surface area contributed by atoms with Gasteiger partial charge in [0.1, 0.15) is 5.75 Å². The van der Waals surface area contributed by atoms with Gasteiger partial charge in [-0.2, -0.15) is 0 Å². The highest BCUT2D eigenvalue weighted by molar-refractivity contribution is 6.01. The first-order valence-electron chi connectivity index (χ1n) is 14.7. The molecule has 226 valence electrons. The number of aliphatic hydroxyl groups excluding tert-OH is 1. The van der Waals surface area contributed by atoms with Crippen LogP contribution in [0, 0.1) is 0 Å². The third-order valence-electron chi connectivity index (χ3n) is 7.90. The third kappa shape index (κ3) is 6.63. The Morgan fingerprint density at radius 3 is 2.45 bits per heavy atom. The van der Waals surface area contributed by atoms with Crippen molar-refractivity contribution in [3.05, 3.63) is 116 Å². The van der Waals surface area contributed by atoms with Crippen LogP contribution in [0.25, 0.3) is 20.9 Å². The quantitative estimate of drug-likeness (QED) is 0.106. The van der Waals surface area contributed by atoms with Crippen LogP contribution in [-0.4, -0.2) is 53.7 Å².